The van der Waals surface area contributed by atoms with Crippen LogP contribution in [0.4, 0.5) is 4.39 Å². The van der Waals surface area contributed by atoms with Gasteiger partial charge in [-0.05, 0) is 24.6 Å². The molecule has 0 fully saturated rings. The smallest absolute Gasteiger partial charge is 0.152 e. The van der Waals surface area contributed by atoms with Crippen molar-refractivity contribution >= 4 is 22.6 Å². The SMILES string of the molecule is Cc1coc2c(Cl)cc(F)cc12. The molecule has 0 amide bonds. The quantitative estimate of drug-likeness (QED) is 0.611. The molecule has 0 spiro atoms. The van der Waals surface area contributed by atoms with Gasteiger partial charge in [-0.3, -0.25) is 0 Å². The van der Waals surface area contributed by atoms with Crippen molar-refractivity contribution in [3.8, 4) is 0 Å². The van der Waals surface area contributed by atoms with Crippen LogP contribution in [0.1, 0.15) is 5.56 Å². The standard InChI is InChI=1S/C9H6ClFO/c1-5-4-12-9-7(5)2-6(11)3-8(9)10/h2-4H,1H3. The van der Waals surface area contributed by atoms with E-state index in [1.54, 1.807) is 6.26 Å². The van der Waals surface area contributed by atoms with E-state index >= 15 is 0 Å². The van der Waals surface area contributed by atoms with Crippen molar-refractivity contribution in [2.45, 2.75) is 6.92 Å². The summed E-state index contributed by atoms with van der Waals surface area (Å²) < 4.78 is 18.0. The predicted octanol–water partition coefficient (Wildman–Crippen LogP) is 3.53. The fourth-order valence-corrected chi connectivity index (χ4v) is 1.43. The van der Waals surface area contributed by atoms with Crippen LogP contribution in [0, 0.1) is 12.7 Å². The van der Waals surface area contributed by atoms with Crippen molar-refractivity contribution in [3.05, 3.63) is 34.8 Å². The highest BCUT2D eigenvalue weighted by Crippen LogP contribution is 2.28. The summed E-state index contributed by atoms with van der Waals surface area (Å²) in [6.07, 6.45) is 1.57. The van der Waals surface area contributed by atoms with E-state index in [1.165, 1.54) is 12.1 Å². The minimum Gasteiger partial charge on any atom is -0.462 e. The summed E-state index contributed by atoms with van der Waals surface area (Å²) in [6.45, 7) is 1.85. The van der Waals surface area contributed by atoms with Crippen LogP contribution in [0.3, 0.4) is 0 Å². The van der Waals surface area contributed by atoms with Crippen molar-refractivity contribution in [2.24, 2.45) is 0 Å². The fraction of sp³-hybridized carbons (Fsp3) is 0.111. The molecule has 2 aromatic rings. The molecule has 2 rings (SSSR count). The Morgan fingerprint density at radius 2 is 2.17 bits per heavy atom. The molecule has 0 bridgehead atoms. The van der Waals surface area contributed by atoms with Gasteiger partial charge in [0.2, 0.25) is 0 Å². The molecule has 0 radical (unpaired) electrons. The van der Waals surface area contributed by atoms with Gasteiger partial charge < -0.3 is 4.42 Å². The van der Waals surface area contributed by atoms with E-state index in [-0.39, 0.29) is 5.82 Å². The highest BCUT2D eigenvalue weighted by molar-refractivity contribution is 6.34. The summed E-state index contributed by atoms with van der Waals surface area (Å²) >= 11 is 5.74. The average molecular weight is 185 g/mol. The first-order valence-corrected chi connectivity index (χ1v) is 3.89. The van der Waals surface area contributed by atoms with E-state index in [4.69, 9.17) is 16.0 Å². The van der Waals surface area contributed by atoms with Gasteiger partial charge in [-0.15, -0.1) is 0 Å². The van der Waals surface area contributed by atoms with Gasteiger partial charge in [0.25, 0.3) is 0 Å². The largest absolute Gasteiger partial charge is 0.462 e. The van der Waals surface area contributed by atoms with Gasteiger partial charge in [0, 0.05) is 5.39 Å². The summed E-state index contributed by atoms with van der Waals surface area (Å²) in [5, 5.41) is 1.05. The van der Waals surface area contributed by atoms with Crippen LogP contribution in [0.15, 0.2) is 22.8 Å². The Hall–Kier alpha value is -1.02. The molecular weight excluding hydrogens is 179 g/mol. The molecule has 1 heterocycles. The summed E-state index contributed by atoms with van der Waals surface area (Å²) in [5.74, 6) is -0.336. The molecule has 0 saturated carbocycles. The molecular formula is C9H6ClFO. The van der Waals surface area contributed by atoms with Crippen molar-refractivity contribution in [1.29, 1.82) is 0 Å². The molecule has 0 N–H and O–H groups in total. The Labute approximate surface area is 73.7 Å². The van der Waals surface area contributed by atoms with E-state index in [0.717, 1.165) is 10.9 Å². The number of halogens is 2. The van der Waals surface area contributed by atoms with E-state index < -0.39 is 0 Å². The van der Waals surface area contributed by atoms with Crippen molar-refractivity contribution in [2.75, 3.05) is 0 Å². The highest BCUT2D eigenvalue weighted by Gasteiger charge is 2.07. The van der Waals surface area contributed by atoms with Gasteiger partial charge in [0.1, 0.15) is 5.82 Å². The Morgan fingerprint density at radius 1 is 1.42 bits per heavy atom. The summed E-state index contributed by atoms with van der Waals surface area (Å²) in [4.78, 5) is 0. The zero-order valence-electron chi connectivity index (χ0n) is 6.40. The van der Waals surface area contributed by atoms with Gasteiger partial charge in [0.05, 0.1) is 11.3 Å². The first kappa shape index (κ1) is 7.62. The predicted molar refractivity (Wildman–Crippen MR) is 45.9 cm³/mol. The molecule has 1 nitrogen and oxygen atoms in total. The molecule has 0 aliphatic rings. The maximum absolute atomic E-state index is 12.8. The van der Waals surface area contributed by atoms with Gasteiger partial charge in [0.15, 0.2) is 5.58 Å². The van der Waals surface area contributed by atoms with Crippen LogP contribution in [0.25, 0.3) is 11.0 Å². The van der Waals surface area contributed by atoms with Crippen LogP contribution < -0.4 is 0 Å². The van der Waals surface area contributed by atoms with Crippen LogP contribution in [0.5, 0.6) is 0 Å². The molecule has 0 atom stereocenters. The molecule has 0 unspecified atom stereocenters. The number of rotatable bonds is 0. The maximum atomic E-state index is 12.8. The van der Waals surface area contributed by atoms with Crippen molar-refractivity contribution in [1.82, 2.24) is 0 Å². The third-order valence-electron chi connectivity index (χ3n) is 1.79. The van der Waals surface area contributed by atoms with Crippen molar-refractivity contribution < 1.29 is 8.81 Å². The highest BCUT2D eigenvalue weighted by atomic mass is 35.5. The first-order valence-electron chi connectivity index (χ1n) is 3.51. The normalized spacial score (nSPS) is 10.9. The summed E-state index contributed by atoms with van der Waals surface area (Å²) in [5.41, 5.74) is 1.45. The van der Waals surface area contributed by atoms with E-state index in [2.05, 4.69) is 0 Å². The third-order valence-corrected chi connectivity index (χ3v) is 2.07. The lowest BCUT2D eigenvalue weighted by Gasteiger charge is -1.93. The minimum atomic E-state index is -0.336. The summed E-state index contributed by atoms with van der Waals surface area (Å²) in [6, 6.07) is 2.66. The van der Waals surface area contributed by atoms with Crippen LogP contribution in [-0.4, -0.2) is 0 Å². The van der Waals surface area contributed by atoms with Crippen LogP contribution in [-0.2, 0) is 0 Å². The molecule has 12 heavy (non-hydrogen) atoms. The Bertz CT molecular complexity index is 433. The fourth-order valence-electron chi connectivity index (χ4n) is 1.18. The lowest BCUT2D eigenvalue weighted by Crippen LogP contribution is -1.75. The summed E-state index contributed by atoms with van der Waals surface area (Å²) in [7, 11) is 0. The Kier molecular flexibility index (Phi) is 1.58. The minimum absolute atomic E-state index is 0.318. The van der Waals surface area contributed by atoms with E-state index in [9.17, 15) is 4.39 Å². The van der Waals surface area contributed by atoms with Crippen LogP contribution >= 0.6 is 11.6 Å². The average Bonchev–Trinajstić information content (AvgIpc) is 2.33. The first-order chi connectivity index (χ1) is 5.68. The van der Waals surface area contributed by atoms with Crippen LogP contribution in [0.2, 0.25) is 5.02 Å². The Balaban J connectivity index is 2.92. The molecule has 0 saturated heterocycles. The number of hydrogen-bond acceptors (Lipinski definition) is 1. The molecule has 1 aromatic heterocycles. The molecule has 0 aliphatic carbocycles. The Morgan fingerprint density at radius 3 is 2.92 bits per heavy atom. The van der Waals surface area contributed by atoms with Gasteiger partial charge in [-0.25, -0.2) is 4.39 Å². The van der Waals surface area contributed by atoms with Crippen molar-refractivity contribution in [3.63, 3.8) is 0 Å². The second-order valence-electron chi connectivity index (χ2n) is 2.68. The number of furan rings is 1. The van der Waals surface area contributed by atoms with E-state index in [1.807, 2.05) is 6.92 Å². The van der Waals surface area contributed by atoms with Gasteiger partial charge >= 0.3 is 0 Å². The number of fused-ring (bicyclic) bond motifs is 1. The zero-order valence-corrected chi connectivity index (χ0v) is 7.15. The topological polar surface area (TPSA) is 13.1 Å². The molecule has 1 aromatic carbocycles. The number of benzene rings is 1. The third kappa shape index (κ3) is 0.994. The monoisotopic (exact) mass is 184 g/mol. The van der Waals surface area contributed by atoms with Gasteiger partial charge in [-0.2, -0.15) is 0 Å². The second kappa shape index (κ2) is 2.49. The number of aryl methyl sites for hydroxylation is 1. The van der Waals surface area contributed by atoms with Gasteiger partial charge in [-0.1, -0.05) is 11.6 Å². The van der Waals surface area contributed by atoms with E-state index in [0.29, 0.717) is 10.6 Å². The molecule has 3 heteroatoms. The lowest BCUT2D eigenvalue weighted by molar-refractivity contribution is 0.608. The zero-order chi connectivity index (χ0) is 8.72. The second-order valence-corrected chi connectivity index (χ2v) is 3.09. The number of hydrogen-bond donors (Lipinski definition) is 0. The molecule has 62 valence electrons. The lowest BCUT2D eigenvalue weighted by atomic mass is 10.2. The molecule has 0 aliphatic heterocycles. The maximum Gasteiger partial charge on any atom is 0.152 e.